The van der Waals surface area contributed by atoms with Crippen LogP contribution in [0.15, 0.2) is 33.9 Å². The van der Waals surface area contributed by atoms with Crippen LogP contribution in [0.2, 0.25) is 0 Å². The zero-order chi connectivity index (χ0) is 19.1. The van der Waals surface area contributed by atoms with Gasteiger partial charge in [0, 0.05) is 37.7 Å². The van der Waals surface area contributed by atoms with Crippen molar-refractivity contribution in [2.24, 2.45) is 4.99 Å². The Labute approximate surface area is 182 Å². The van der Waals surface area contributed by atoms with Crippen LogP contribution in [-0.4, -0.2) is 38.8 Å². The van der Waals surface area contributed by atoms with Crippen molar-refractivity contribution >= 4 is 35.6 Å². The number of pyridine rings is 1. The molecule has 3 aromatic heterocycles. The van der Waals surface area contributed by atoms with Gasteiger partial charge in [-0.2, -0.15) is 0 Å². The molecule has 0 saturated carbocycles. The first kappa shape index (κ1) is 22.1. The van der Waals surface area contributed by atoms with Gasteiger partial charge >= 0.3 is 0 Å². The van der Waals surface area contributed by atoms with Crippen LogP contribution in [0.25, 0.3) is 5.65 Å². The van der Waals surface area contributed by atoms with Crippen LogP contribution < -0.4 is 10.6 Å². The topological polar surface area (TPSA) is 92.6 Å². The molecule has 3 heterocycles. The molecule has 28 heavy (non-hydrogen) atoms. The zero-order valence-electron chi connectivity index (χ0n) is 16.6. The summed E-state index contributed by atoms with van der Waals surface area (Å²) in [5.41, 5.74) is 2.95. The number of rotatable bonds is 8. The predicted octanol–water partition coefficient (Wildman–Crippen LogP) is 2.76. The van der Waals surface area contributed by atoms with Crippen molar-refractivity contribution < 1.29 is 4.52 Å². The first-order chi connectivity index (χ1) is 13.3. The van der Waals surface area contributed by atoms with Gasteiger partial charge < -0.3 is 15.2 Å². The van der Waals surface area contributed by atoms with E-state index in [9.17, 15) is 0 Å². The highest BCUT2D eigenvalue weighted by molar-refractivity contribution is 14.0. The van der Waals surface area contributed by atoms with E-state index in [0.29, 0.717) is 13.1 Å². The number of guanidine groups is 1. The Morgan fingerprint density at radius 2 is 2.00 bits per heavy atom. The molecule has 0 radical (unpaired) electrons. The Bertz CT molecular complexity index is 881. The number of fused-ring (bicyclic) bond motifs is 1. The number of halogens is 1. The average Bonchev–Trinajstić information content (AvgIpc) is 3.29. The average molecular weight is 497 g/mol. The predicted molar refractivity (Wildman–Crippen MR) is 120 cm³/mol. The van der Waals surface area contributed by atoms with Crippen molar-refractivity contribution in [2.75, 3.05) is 13.1 Å². The van der Waals surface area contributed by atoms with Gasteiger partial charge in [0.1, 0.15) is 11.6 Å². The number of aromatic nitrogens is 4. The summed E-state index contributed by atoms with van der Waals surface area (Å²) in [5.74, 6) is 2.62. The summed E-state index contributed by atoms with van der Waals surface area (Å²) in [6, 6.07) is 5.89. The van der Waals surface area contributed by atoms with Gasteiger partial charge in [0.25, 0.3) is 0 Å². The Hall–Kier alpha value is -2.17. The lowest BCUT2D eigenvalue weighted by molar-refractivity contribution is 0.380. The Kier molecular flexibility index (Phi) is 8.68. The SMILES string of the molecule is CCNC(=NCc1c(CC)noc1CC)NCCc1nnc2ccccn12.I. The molecular weight excluding hydrogens is 469 g/mol. The molecule has 0 bridgehead atoms. The molecule has 3 rings (SSSR count). The van der Waals surface area contributed by atoms with Crippen molar-refractivity contribution in [3.63, 3.8) is 0 Å². The van der Waals surface area contributed by atoms with E-state index in [4.69, 9.17) is 9.52 Å². The molecule has 0 unspecified atom stereocenters. The molecule has 0 fully saturated rings. The molecule has 9 heteroatoms. The number of hydrogen-bond donors (Lipinski definition) is 2. The van der Waals surface area contributed by atoms with Gasteiger partial charge in [0.15, 0.2) is 11.6 Å². The van der Waals surface area contributed by atoms with Crippen LogP contribution in [0.1, 0.15) is 43.6 Å². The maximum absolute atomic E-state index is 5.42. The second kappa shape index (κ2) is 11.0. The fraction of sp³-hybridized carbons (Fsp3) is 0.474. The fourth-order valence-corrected chi connectivity index (χ4v) is 2.97. The molecule has 152 valence electrons. The Balaban J connectivity index is 0.00000280. The van der Waals surface area contributed by atoms with E-state index in [2.05, 4.69) is 46.8 Å². The first-order valence-electron chi connectivity index (χ1n) is 9.53. The summed E-state index contributed by atoms with van der Waals surface area (Å²) in [4.78, 5) is 4.71. The van der Waals surface area contributed by atoms with Crippen LogP contribution in [-0.2, 0) is 25.8 Å². The summed E-state index contributed by atoms with van der Waals surface area (Å²) in [5, 5.41) is 19.2. The van der Waals surface area contributed by atoms with E-state index in [-0.39, 0.29) is 24.0 Å². The van der Waals surface area contributed by atoms with Gasteiger partial charge in [0.2, 0.25) is 0 Å². The lowest BCUT2D eigenvalue weighted by Gasteiger charge is -2.11. The minimum absolute atomic E-state index is 0. The van der Waals surface area contributed by atoms with Gasteiger partial charge in [0.05, 0.1) is 12.2 Å². The monoisotopic (exact) mass is 497 g/mol. The van der Waals surface area contributed by atoms with E-state index in [1.165, 1.54) is 0 Å². The molecule has 0 atom stereocenters. The molecule has 0 aliphatic rings. The third-order valence-corrected chi connectivity index (χ3v) is 4.37. The molecule has 0 amide bonds. The molecule has 3 aromatic rings. The van der Waals surface area contributed by atoms with Crippen molar-refractivity contribution in [3.8, 4) is 0 Å². The number of nitrogens with one attached hydrogen (secondary N) is 2. The van der Waals surface area contributed by atoms with Crippen molar-refractivity contribution in [1.82, 2.24) is 30.4 Å². The number of aliphatic imine (C=N–C) groups is 1. The van der Waals surface area contributed by atoms with E-state index in [0.717, 1.165) is 60.3 Å². The second-order valence-corrected chi connectivity index (χ2v) is 6.16. The third kappa shape index (κ3) is 5.21. The minimum atomic E-state index is 0. The highest BCUT2D eigenvalue weighted by Gasteiger charge is 2.13. The van der Waals surface area contributed by atoms with Crippen LogP contribution in [0.5, 0.6) is 0 Å². The molecule has 0 saturated heterocycles. The van der Waals surface area contributed by atoms with Crippen molar-refractivity contribution in [1.29, 1.82) is 0 Å². The maximum Gasteiger partial charge on any atom is 0.191 e. The first-order valence-corrected chi connectivity index (χ1v) is 9.53. The van der Waals surface area contributed by atoms with E-state index in [1.807, 2.05) is 28.8 Å². The van der Waals surface area contributed by atoms with Gasteiger partial charge in [-0.25, -0.2) is 4.99 Å². The summed E-state index contributed by atoms with van der Waals surface area (Å²) >= 11 is 0. The molecule has 0 aliphatic heterocycles. The number of hydrogen-bond acceptors (Lipinski definition) is 5. The van der Waals surface area contributed by atoms with Gasteiger partial charge in [-0.05, 0) is 25.5 Å². The largest absolute Gasteiger partial charge is 0.361 e. The third-order valence-electron chi connectivity index (χ3n) is 4.37. The number of nitrogens with zero attached hydrogens (tertiary/aromatic N) is 5. The second-order valence-electron chi connectivity index (χ2n) is 6.16. The lowest BCUT2D eigenvalue weighted by Crippen LogP contribution is -2.38. The van der Waals surface area contributed by atoms with Gasteiger partial charge in [-0.1, -0.05) is 25.1 Å². The highest BCUT2D eigenvalue weighted by Crippen LogP contribution is 2.16. The quantitative estimate of drug-likeness (QED) is 0.283. The van der Waals surface area contributed by atoms with Crippen molar-refractivity contribution in [2.45, 2.75) is 46.6 Å². The molecule has 0 spiro atoms. The molecule has 0 aromatic carbocycles. The van der Waals surface area contributed by atoms with Crippen LogP contribution in [0, 0.1) is 0 Å². The normalized spacial score (nSPS) is 11.5. The van der Waals surface area contributed by atoms with Crippen LogP contribution in [0.4, 0.5) is 0 Å². The maximum atomic E-state index is 5.42. The van der Waals surface area contributed by atoms with Crippen LogP contribution in [0.3, 0.4) is 0 Å². The van der Waals surface area contributed by atoms with Crippen molar-refractivity contribution in [3.05, 3.63) is 47.2 Å². The smallest absolute Gasteiger partial charge is 0.191 e. The van der Waals surface area contributed by atoms with E-state index < -0.39 is 0 Å². The summed E-state index contributed by atoms with van der Waals surface area (Å²) in [7, 11) is 0. The zero-order valence-corrected chi connectivity index (χ0v) is 18.9. The standard InChI is InChI=1S/C19H27N7O.HI/c1-4-15-14(16(5-2)27-25-15)13-22-19(20-6-3)21-11-10-18-24-23-17-9-7-8-12-26(17)18;/h7-9,12H,4-6,10-11,13H2,1-3H3,(H2,20,21,22);1H. The lowest BCUT2D eigenvalue weighted by atomic mass is 10.1. The highest BCUT2D eigenvalue weighted by atomic mass is 127. The molecule has 2 N–H and O–H groups in total. The summed E-state index contributed by atoms with van der Waals surface area (Å²) in [6.07, 6.45) is 4.40. The Morgan fingerprint density at radius 1 is 1.14 bits per heavy atom. The van der Waals surface area contributed by atoms with Gasteiger partial charge in [-0.15, -0.1) is 34.2 Å². The molecule has 0 aliphatic carbocycles. The van der Waals surface area contributed by atoms with Gasteiger partial charge in [-0.3, -0.25) is 4.40 Å². The van der Waals surface area contributed by atoms with E-state index in [1.54, 1.807) is 0 Å². The summed E-state index contributed by atoms with van der Waals surface area (Å²) < 4.78 is 7.42. The Morgan fingerprint density at radius 3 is 2.75 bits per heavy atom. The molecular formula is C19H28IN7O. The summed E-state index contributed by atoms with van der Waals surface area (Å²) in [6.45, 7) is 8.27. The number of aryl methyl sites for hydroxylation is 2. The van der Waals surface area contributed by atoms with Crippen LogP contribution >= 0.6 is 24.0 Å². The minimum Gasteiger partial charge on any atom is -0.361 e. The van der Waals surface area contributed by atoms with E-state index >= 15 is 0 Å². The molecule has 8 nitrogen and oxygen atoms in total. The fourth-order valence-electron chi connectivity index (χ4n) is 2.97.